The minimum absolute atomic E-state index is 0. The summed E-state index contributed by atoms with van der Waals surface area (Å²) in [7, 11) is 1.64. The second-order valence-corrected chi connectivity index (χ2v) is 5.48. The van der Waals surface area contributed by atoms with Crippen LogP contribution in [0.15, 0.2) is 18.2 Å². The standard InChI is InChI=1S/C16H24N2O3.ClH/c1-10-5-6-14(20-4)13(9-10)11(2)18-16(19)15-12(3)21-8-7-17-15;/h5-6,9,11-12,15,17H,7-8H2,1-4H3,(H,18,19);1H/t11?,12-,15+;/m1./s1. The summed E-state index contributed by atoms with van der Waals surface area (Å²) in [5, 5.41) is 6.23. The lowest BCUT2D eigenvalue weighted by Gasteiger charge is -2.30. The van der Waals surface area contributed by atoms with Gasteiger partial charge in [0.15, 0.2) is 0 Å². The minimum Gasteiger partial charge on any atom is -0.496 e. The number of carbonyl (C=O) groups excluding carboxylic acids is 1. The Morgan fingerprint density at radius 1 is 1.50 bits per heavy atom. The molecule has 0 saturated carbocycles. The highest BCUT2D eigenvalue weighted by molar-refractivity contribution is 5.85. The number of morpholine rings is 1. The van der Waals surface area contributed by atoms with Crippen molar-refractivity contribution in [3.63, 3.8) is 0 Å². The van der Waals surface area contributed by atoms with E-state index in [0.717, 1.165) is 16.9 Å². The van der Waals surface area contributed by atoms with Crippen LogP contribution in [0.25, 0.3) is 0 Å². The van der Waals surface area contributed by atoms with Crippen molar-refractivity contribution in [3.8, 4) is 5.75 Å². The number of rotatable bonds is 4. The fourth-order valence-corrected chi connectivity index (χ4v) is 2.60. The lowest BCUT2D eigenvalue weighted by molar-refractivity contribution is -0.129. The number of methoxy groups -OCH3 is 1. The molecule has 5 nitrogen and oxygen atoms in total. The van der Waals surface area contributed by atoms with Crippen molar-refractivity contribution in [3.05, 3.63) is 29.3 Å². The van der Waals surface area contributed by atoms with Crippen LogP contribution in [0.5, 0.6) is 5.75 Å². The maximum absolute atomic E-state index is 12.4. The molecule has 0 aliphatic carbocycles. The predicted molar refractivity (Wildman–Crippen MR) is 88.7 cm³/mol. The third kappa shape index (κ3) is 4.35. The van der Waals surface area contributed by atoms with Gasteiger partial charge in [0.25, 0.3) is 0 Å². The Bertz CT molecular complexity index is 510. The topological polar surface area (TPSA) is 59.6 Å². The molecular formula is C16H25ClN2O3. The summed E-state index contributed by atoms with van der Waals surface area (Å²) in [6.45, 7) is 7.24. The number of carbonyl (C=O) groups is 1. The van der Waals surface area contributed by atoms with Crippen LogP contribution in [-0.2, 0) is 9.53 Å². The van der Waals surface area contributed by atoms with E-state index in [-0.39, 0.29) is 36.5 Å². The molecule has 0 radical (unpaired) electrons. The van der Waals surface area contributed by atoms with E-state index in [0.29, 0.717) is 13.2 Å². The third-order valence-electron chi connectivity index (χ3n) is 3.81. The molecule has 1 saturated heterocycles. The van der Waals surface area contributed by atoms with Crippen LogP contribution in [0.1, 0.15) is 31.0 Å². The second kappa shape index (κ2) is 8.36. The van der Waals surface area contributed by atoms with Crippen LogP contribution in [-0.4, -0.2) is 38.3 Å². The minimum atomic E-state index is -0.308. The fourth-order valence-electron chi connectivity index (χ4n) is 2.60. The quantitative estimate of drug-likeness (QED) is 0.887. The van der Waals surface area contributed by atoms with Crippen LogP contribution >= 0.6 is 12.4 Å². The Hall–Kier alpha value is -1.30. The van der Waals surface area contributed by atoms with Gasteiger partial charge in [-0.1, -0.05) is 17.7 Å². The van der Waals surface area contributed by atoms with E-state index < -0.39 is 0 Å². The lowest BCUT2D eigenvalue weighted by Crippen LogP contribution is -2.55. The molecule has 1 amide bonds. The van der Waals surface area contributed by atoms with Crippen molar-refractivity contribution in [1.29, 1.82) is 0 Å². The van der Waals surface area contributed by atoms with Crippen LogP contribution in [0, 0.1) is 6.92 Å². The van der Waals surface area contributed by atoms with Gasteiger partial charge in [-0.3, -0.25) is 4.79 Å². The number of ether oxygens (including phenoxy) is 2. The third-order valence-corrected chi connectivity index (χ3v) is 3.81. The van der Waals surface area contributed by atoms with Gasteiger partial charge in [0.2, 0.25) is 5.91 Å². The van der Waals surface area contributed by atoms with Gasteiger partial charge in [-0.2, -0.15) is 0 Å². The van der Waals surface area contributed by atoms with Gasteiger partial charge in [0.05, 0.1) is 25.9 Å². The molecule has 3 atom stereocenters. The number of benzene rings is 1. The van der Waals surface area contributed by atoms with Gasteiger partial charge < -0.3 is 20.1 Å². The van der Waals surface area contributed by atoms with Crippen molar-refractivity contribution < 1.29 is 14.3 Å². The summed E-state index contributed by atoms with van der Waals surface area (Å²) in [5.74, 6) is 0.743. The Labute approximate surface area is 138 Å². The summed E-state index contributed by atoms with van der Waals surface area (Å²) in [5.41, 5.74) is 2.12. The Kier molecular flexibility index (Phi) is 7.13. The van der Waals surface area contributed by atoms with Gasteiger partial charge in [0.1, 0.15) is 11.8 Å². The monoisotopic (exact) mass is 328 g/mol. The van der Waals surface area contributed by atoms with Crippen LogP contribution in [0.3, 0.4) is 0 Å². The van der Waals surface area contributed by atoms with E-state index in [1.165, 1.54) is 0 Å². The van der Waals surface area contributed by atoms with Crippen molar-refractivity contribution in [2.75, 3.05) is 20.3 Å². The maximum atomic E-state index is 12.4. The van der Waals surface area contributed by atoms with Crippen LogP contribution in [0.4, 0.5) is 0 Å². The smallest absolute Gasteiger partial charge is 0.240 e. The number of nitrogens with one attached hydrogen (secondary N) is 2. The number of hydrogen-bond donors (Lipinski definition) is 2. The van der Waals surface area contributed by atoms with Gasteiger partial charge in [-0.15, -0.1) is 12.4 Å². The molecule has 1 unspecified atom stereocenters. The Balaban J connectivity index is 0.00000242. The molecule has 0 aromatic heterocycles. The van der Waals surface area contributed by atoms with Gasteiger partial charge in [-0.25, -0.2) is 0 Å². The van der Waals surface area contributed by atoms with Crippen molar-refractivity contribution in [2.45, 2.75) is 39.0 Å². The second-order valence-electron chi connectivity index (χ2n) is 5.48. The van der Waals surface area contributed by atoms with Gasteiger partial charge >= 0.3 is 0 Å². The molecule has 2 N–H and O–H groups in total. The molecule has 124 valence electrons. The molecule has 6 heteroatoms. The van der Waals surface area contributed by atoms with E-state index in [1.54, 1.807) is 7.11 Å². The molecule has 1 aromatic carbocycles. The number of amides is 1. The first-order valence-corrected chi connectivity index (χ1v) is 7.33. The van der Waals surface area contributed by atoms with Crippen LogP contribution in [0.2, 0.25) is 0 Å². The summed E-state index contributed by atoms with van der Waals surface area (Å²) in [6.07, 6.45) is -0.120. The zero-order chi connectivity index (χ0) is 15.4. The first-order valence-electron chi connectivity index (χ1n) is 7.33. The molecule has 1 heterocycles. The number of halogens is 1. The van der Waals surface area contributed by atoms with E-state index in [1.807, 2.05) is 39.0 Å². The van der Waals surface area contributed by atoms with E-state index in [4.69, 9.17) is 9.47 Å². The zero-order valence-corrected chi connectivity index (χ0v) is 14.3. The predicted octanol–water partition coefficient (Wildman–Crippen LogP) is 1.98. The molecule has 2 rings (SSSR count). The molecule has 1 fully saturated rings. The average Bonchev–Trinajstić information content (AvgIpc) is 2.47. The number of hydrogen-bond acceptors (Lipinski definition) is 4. The molecule has 1 aromatic rings. The fraction of sp³-hybridized carbons (Fsp3) is 0.562. The van der Waals surface area contributed by atoms with Crippen molar-refractivity contribution in [1.82, 2.24) is 10.6 Å². The van der Waals surface area contributed by atoms with Crippen molar-refractivity contribution >= 4 is 18.3 Å². The molecule has 0 bridgehead atoms. The largest absolute Gasteiger partial charge is 0.496 e. The first-order chi connectivity index (χ1) is 10.0. The zero-order valence-electron chi connectivity index (χ0n) is 13.5. The van der Waals surface area contributed by atoms with Crippen molar-refractivity contribution in [2.24, 2.45) is 0 Å². The summed E-state index contributed by atoms with van der Waals surface area (Å²) < 4.78 is 10.9. The highest BCUT2D eigenvalue weighted by Gasteiger charge is 2.29. The molecule has 1 aliphatic rings. The molecule has 0 spiro atoms. The van der Waals surface area contributed by atoms with E-state index >= 15 is 0 Å². The maximum Gasteiger partial charge on any atom is 0.240 e. The summed E-state index contributed by atoms with van der Waals surface area (Å²) in [4.78, 5) is 12.4. The summed E-state index contributed by atoms with van der Waals surface area (Å²) in [6, 6.07) is 5.53. The Morgan fingerprint density at radius 2 is 2.23 bits per heavy atom. The molecular weight excluding hydrogens is 304 g/mol. The molecule has 1 aliphatic heterocycles. The highest BCUT2D eigenvalue weighted by Crippen LogP contribution is 2.26. The number of aryl methyl sites for hydroxylation is 1. The van der Waals surface area contributed by atoms with E-state index in [2.05, 4.69) is 10.6 Å². The van der Waals surface area contributed by atoms with Gasteiger partial charge in [-0.05, 0) is 26.8 Å². The normalized spacial score (nSPS) is 22.4. The van der Waals surface area contributed by atoms with E-state index in [9.17, 15) is 4.79 Å². The lowest BCUT2D eigenvalue weighted by atomic mass is 10.0. The molecule has 22 heavy (non-hydrogen) atoms. The Morgan fingerprint density at radius 3 is 2.86 bits per heavy atom. The summed E-state index contributed by atoms with van der Waals surface area (Å²) >= 11 is 0. The first kappa shape index (κ1) is 18.7. The average molecular weight is 329 g/mol. The van der Waals surface area contributed by atoms with Gasteiger partial charge in [0, 0.05) is 12.1 Å². The highest BCUT2D eigenvalue weighted by atomic mass is 35.5. The SMILES string of the molecule is COc1ccc(C)cc1C(C)NC(=O)[C@H]1NCCO[C@@H]1C.Cl. The van der Waals surface area contributed by atoms with Crippen LogP contribution < -0.4 is 15.4 Å².